The zero-order chi connectivity index (χ0) is 23.4. The van der Waals surface area contributed by atoms with Gasteiger partial charge >= 0.3 is 11.6 Å². The standard InChI is InChI=1S/C23H23NO8/c1-12-15-6-5-14(25)9-19(15)32-23(29)16(12)10-21(26)24-17(11-22(27)28)13-4-7-18(30-2)20(8-13)31-3/h4-9,17,25H,10-11H2,1-3H3,(H,24,26)(H,27,28). The number of aromatic hydroxyl groups is 1. The van der Waals surface area contributed by atoms with Gasteiger partial charge in [0.15, 0.2) is 11.5 Å². The summed E-state index contributed by atoms with van der Waals surface area (Å²) in [6.45, 7) is 1.68. The number of amides is 1. The molecule has 1 heterocycles. The number of hydrogen-bond donors (Lipinski definition) is 3. The van der Waals surface area contributed by atoms with Crippen LogP contribution in [0.5, 0.6) is 17.2 Å². The molecular formula is C23H23NO8. The third-order valence-electron chi connectivity index (χ3n) is 5.13. The zero-order valence-corrected chi connectivity index (χ0v) is 17.8. The summed E-state index contributed by atoms with van der Waals surface area (Å²) in [5.41, 5.74) is 0.730. The Bertz CT molecular complexity index is 1230. The Balaban J connectivity index is 1.89. The number of hydrogen-bond acceptors (Lipinski definition) is 7. The van der Waals surface area contributed by atoms with Crippen molar-refractivity contribution in [1.29, 1.82) is 0 Å². The van der Waals surface area contributed by atoms with Crippen LogP contribution >= 0.6 is 0 Å². The number of fused-ring (bicyclic) bond motifs is 1. The maximum Gasteiger partial charge on any atom is 0.340 e. The highest BCUT2D eigenvalue weighted by atomic mass is 16.5. The number of phenols is 1. The molecule has 3 rings (SSSR count). The SMILES string of the molecule is COc1ccc(C(CC(=O)O)NC(=O)Cc2c(C)c3ccc(O)cc3oc2=O)cc1OC. The van der Waals surface area contributed by atoms with Crippen LogP contribution in [0.25, 0.3) is 11.0 Å². The third kappa shape index (κ3) is 4.83. The van der Waals surface area contributed by atoms with Crippen molar-refractivity contribution in [2.24, 2.45) is 0 Å². The van der Waals surface area contributed by atoms with E-state index in [0.717, 1.165) is 0 Å². The van der Waals surface area contributed by atoms with E-state index in [9.17, 15) is 24.6 Å². The minimum absolute atomic E-state index is 0.0445. The number of carboxylic acids is 1. The fraction of sp³-hybridized carbons (Fsp3) is 0.261. The lowest BCUT2D eigenvalue weighted by atomic mass is 10.0. The quantitative estimate of drug-likeness (QED) is 0.454. The van der Waals surface area contributed by atoms with E-state index in [1.54, 1.807) is 31.2 Å². The number of carbonyl (C=O) groups excluding carboxylic acids is 1. The van der Waals surface area contributed by atoms with Crippen molar-refractivity contribution in [3.05, 3.63) is 63.5 Å². The van der Waals surface area contributed by atoms with Gasteiger partial charge in [-0.05, 0) is 42.3 Å². The van der Waals surface area contributed by atoms with E-state index in [1.807, 2.05) is 0 Å². The lowest BCUT2D eigenvalue weighted by molar-refractivity contribution is -0.137. The average Bonchev–Trinajstić information content (AvgIpc) is 2.75. The fourth-order valence-corrected chi connectivity index (χ4v) is 3.49. The highest BCUT2D eigenvalue weighted by Gasteiger charge is 2.22. The Morgan fingerprint density at radius 2 is 1.81 bits per heavy atom. The van der Waals surface area contributed by atoms with Gasteiger partial charge in [-0.3, -0.25) is 9.59 Å². The largest absolute Gasteiger partial charge is 0.508 e. The predicted octanol–water partition coefficient (Wildman–Crippen LogP) is 2.70. The van der Waals surface area contributed by atoms with Crippen molar-refractivity contribution in [2.75, 3.05) is 14.2 Å². The van der Waals surface area contributed by atoms with Crippen LogP contribution in [-0.4, -0.2) is 36.3 Å². The number of aliphatic carboxylic acids is 1. The summed E-state index contributed by atoms with van der Waals surface area (Å²) in [5, 5.41) is 22.2. The molecule has 1 atom stereocenters. The summed E-state index contributed by atoms with van der Waals surface area (Å²) >= 11 is 0. The molecule has 2 aromatic carbocycles. The molecule has 3 N–H and O–H groups in total. The molecule has 0 aliphatic heterocycles. The van der Waals surface area contributed by atoms with Crippen molar-refractivity contribution in [3.8, 4) is 17.2 Å². The molecular weight excluding hydrogens is 418 g/mol. The molecule has 1 amide bonds. The van der Waals surface area contributed by atoms with E-state index in [1.165, 1.54) is 26.4 Å². The molecule has 1 aromatic heterocycles. The molecule has 0 saturated heterocycles. The Hall–Kier alpha value is -4.01. The van der Waals surface area contributed by atoms with Gasteiger partial charge in [0.1, 0.15) is 11.3 Å². The van der Waals surface area contributed by atoms with E-state index in [4.69, 9.17) is 13.9 Å². The average molecular weight is 441 g/mol. The summed E-state index contributed by atoms with van der Waals surface area (Å²) in [4.78, 5) is 36.6. The molecule has 168 valence electrons. The lowest BCUT2D eigenvalue weighted by Gasteiger charge is -2.19. The highest BCUT2D eigenvalue weighted by molar-refractivity contribution is 5.85. The number of phenolic OH excluding ortho intramolecular Hbond substituents is 1. The number of rotatable bonds is 8. The van der Waals surface area contributed by atoms with E-state index in [0.29, 0.717) is 28.0 Å². The van der Waals surface area contributed by atoms with Gasteiger partial charge in [-0.2, -0.15) is 0 Å². The summed E-state index contributed by atoms with van der Waals surface area (Å²) in [6, 6.07) is 8.37. The van der Waals surface area contributed by atoms with E-state index in [2.05, 4.69) is 5.32 Å². The summed E-state index contributed by atoms with van der Waals surface area (Å²) in [6.07, 6.45) is -0.666. The molecule has 0 fully saturated rings. The van der Waals surface area contributed by atoms with Crippen molar-refractivity contribution < 1.29 is 33.7 Å². The lowest BCUT2D eigenvalue weighted by Crippen LogP contribution is -2.32. The monoisotopic (exact) mass is 441 g/mol. The van der Waals surface area contributed by atoms with Crippen LogP contribution in [-0.2, 0) is 16.0 Å². The van der Waals surface area contributed by atoms with E-state index in [-0.39, 0.29) is 29.7 Å². The molecule has 0 saturated carbocycles. The minimum atomic E-state index is -1.11. The Labute approximate surface area is 183 Å². The summed E-state index contributed by atoms with van der Waals surface area (Å²) in [5.74, 6) is -0.834. The molecule has 9 heteroatoms. The second-order valence-corrected chi connectivity index (χ2v) is 7.18. The van der Waals surface area contributed by atoms with Crippen LogP contribution in [0.4, 0.5) is 0 Å². The second-order valence-electron chi connectivity index (χ2n) is 7.18. The first-order chi connectivity index (χ1) is 15.2. The van der Waals surface area contributed by atoms with Crippen LogP contribution in [0.15, 0.2) is 45.6 Å². The normalized spacial score (nSPS) is 11.7. The van der Waals surface area contributed by atoms with Crippen molar-refractivity contribution in [3.63, 3.8) is 0 Å². The summed E-state index contributed by atoms with van der Waals surface area (Å²) < 4.78 is 15.7. The molecule has 0 spiro atoms. The van der Waals surface area contributed by atoms with Crippen LogP contribution in [0.2, 0.25) is 0 Å². The van der Waals surface area contributed by atoms with Gasteiger partial charge in [0.25, 0.3) is 0 Å². The maximum atomic E-state index is 12.8. The third-order valence-corrected chi connectivity index (χ3v) is 5.13. The van der Waals surface area contributed by atoms with Crippen LogP contribution < -0.4 is 20.4 Å². The highest BCUT2D eigenvalue weighted by Crippen LogP contribution is 2.31. The van der Waals surface area contributed by atoms with Crippen LogP contribution in [0.3, 0.4) is 0 Å². The van der Waals surface area contributed by atoms with Gasteiger partial charge < -0.3 is 29.4 Å². The van der Waals surface area contributed by atoms with Gasteiger partial charge in [0.2, 0.25) is 5.91 Å². The number of carboxylic acid groups (broad SMARTS) is 1. The second kappa shape index (κ2) is 9.42. The predicted molar refractivity (Wildman–Crippen MR) is 115 cm³/mol. The van der Waals surface area contributed by atoms with Crippen LogP contribution in [0, 0.1) is 6.92 Å². The molecule has 1 unspecified atom stereocenters. The maximum absolute atomic E-state index is 12.8. The first-order valence-corrected chi connectivity index (χ1v) is 9.71. The smallest absolute Gasteiger partial charge is 0.340 e. The molecule has 0 radical (unpaired) electrons. The number of benzene rings is 2. The van der Waals surface area contributed by atoms with E-state index < -0.39 is 23.5 Å². The van der Waals surface area contributed by atoms with Crippen molar-refractivity contribution >= 4 is 22.8 Å². The summed E-state index contributed by atoms with van der Waals surface area (Å²) in [7, 11) is 2.93. The topological polar surface area (TPSA) is 135 Å². The number of ether oxygens (including phenoxy) is 2. The Morgan fingerprint density at radius 3 is 2.47 bits per heavy atom. The van der Waals surface area contributed by atoms with Gasteiger partial charge in [-0.1, -0.05) is 6.07 Å². The zero-order valence-electron chi connectivity index (χ0n) is 17.8. The van der Waals surface area contributed by atoms with Gasteiger partial charge in [-0.15, -0.1) is 0 Å². The van der Waals surface area contributed by atoms with Crippen molar-refractivity contribution in [2.45, 2.75) is 25.8 Å². The molecule has 0 aliphatic carbocycles. The first-order valence-electron chi connectivity index (χ1n) is 9.71. The fourth-order valence-electron chi connectivity index (χ4n) is 3.49. The van der Waals surface area contributed by atoms with Crippen molar-refractivity contribution in [1.82, 2.24) is 5.32 Å². The molecule has 32 heavy (non-hydrogen) atoms. The Kier molecular flexibility index (Phi) is 6.67. The van der Waals surface area contributed by atoms with Gasteiger partial charge in [0.05, 0.1) is 38.7 Å². The van der Waals surface area contributed by atoms with Crippen LogP contribution in [0.1, 0.15) is 29.2 Å². The molecule has 0 bridgehead atoms. The number of aryl methyl sites for hydroxylation is 1. The number of carbonyl (C=O) groups is 2. The van der Waals surface area contributed by atoms with Gasteiger partial charge in [0, 0.05) is 11.5 Å². The molecule has 9 nitrogen and oxygen atoms in total. The first kappa shape index (κ1) is 22.7. The number of methoxy groups -OCH3 is 2. The molecule has 0 aliphatic rings. The van der Waals surface area contributed by atoms with E-state index >= 15 is 0 Å². The Morgan fingerprint density at radius 1 is 1.09 bits per heavy atom. The number of nitrogens with one attached hydrogen (secondary N) is 1. The molecule has 3 aromatic rings. The van der Waals surface area contributed by atoms with Gasteiger partial charge in [-0.25, -0.2) is 4.79 Å². The minimum Gasteiger partial charge on any atom is -0.508 e.